The van der Waals surface area contributed by atoms with E-state index in [9.17, 15) is 4.79 Å². The third-order valence-corrected chi connectivity index (χ3v) is 4.50. The van der Waals surface area contributed by atoms with E-state index in [4.69, 9.17) is 13.6 Å². The van der Waals surface area contributed by atoms with Crippen LogP contribution in [0.15, 0.2) is 68.2 Å². The lowest BCUT2D eigenvalue weighted by molar-refractivity contribution is 0.415. The van der Waals surface area contributed by atoms with Crippen molar-refractivity contribution >= 4 is 22.5 Å². The Hall–Kier alpha value is -3.47. The predicted octanol–water partition coefficient (Wildman–Crippen LogP) is 5.42. The van der Waals surface area contributed by atoms with Crippen molar-refractivity contribution in [3.8, 4) is 16.9 Å². The molecule has 0 bridgehead atoms. The topological polar surface area (TPSA) is 64.6 Å². The number of nitrogens with one attached hydrogen (secondary N) is 1. The van der Waals surface area contributed by atoms with E-state index < -0.39 is 5.63 Å². The highest BCUT2D eigenvalue weighted by Crippen LogP contribution is 2.39. The van der Waals surface area contributed by atoms with E-state index in [0.29, 0.717) is 28.2 Å². The maximum Gasteiger partial charge on any atom is 0.347 e. The van der Waals surface area contributed by atoms with Gasteiger partial charge in [-0.2, -0.15) is 0 Å². The Kier molecular flexibility index (Phi) is 4.20. The van der Waals surface area contributed by atoms with Gasteiger partial charge in [0.25, 0.3) is 0 Å². The van der Waals surface area contributed by atoms with E-state index in [2.05, 4.69) is 5.32 Å². The van der Waals surface area contributed by atoms with Gasteiger partial charge in [0.1, 0.15) is 22.5 Å². The number of aryl methyl sites for hydroxylation is 2. The molecule has 2 aromatic carbocycles. The lowest BCUT2D eigenvalue weighted by Gasteiger charge is -2.09. The summed E-state index contributed by atoms with van der Waals surface area (Å²) in [7, 11) is 1.62. The standard InChI is InChI=1S/C22H19NO4/c1-13-6-4-5-7-17(13)23-21-19(15-8-10-16(25-3)11-9-15)20-18(27-21)12-14(2)26-22(20)24/h4-12,23H,1-3H3. The second kappa shape index (κ2) is 6.68. The van der Waals surface area contributed by atoms with Crippen molar-refractivity contribution in [3.63, 3.8) is 0 Å². The Balaban J connectivity index is 1.95. The molecule has 4 rings (SSSR count). The lowest BCUT2D eigenvalue weighted by atomic mass is 10.0. The first-order valence-corrected chi connectivity index (χ1v) is 8.61. The van der Waals surface area contributed by atoms with Crippen molar-refractivity contribution in [3.05, 3.63) is 76.3 Å². The van der Waals surface area contributed by atoms with Crippen LogP contribution in [0.2, 0.25) is 0 Å². The fourth-order valence-corrected chi connectivity index (χ4v) is 3.12. The van der Waals surface area contributed by atoms with E-state index in [0.717, 1.165) is 22.6 Å². The van der Waals surface area contributed by atoms with Crippen LogP contribution in [-0.2, 0) is 0 Å². The van der Waals surface area contributed by atoms with Crippen LogP contribution >= 0.6 is 0 Å². The average Bonchev–Trinajstić information content (AvgIpc) is 3.02. The van der Waals surface area contributed by atoms with Crippen LogP contribution < -0.4 is 15.7 Å². The Labute approximate surface area is 156 Å². The van der Waals surface area contributed by atoms with E-state index in [1.54, 1.807) is 20.1 Å². The van der Waals surface area contributed by atoms with Crippen molar-refractivity contribution in [1.82, 2.24) is 0 Å². The zero-order chi connectivity index (χ0) is 19.0. The van der Waals surface area contributed by atoms with Crippen LogP contribution in [0.3, 0.4) is 0 Å². The molecule has 0 amide bonds. The van der Waals surface area contributed by atoms with Crippen molar-refractivity contribution in [2.24, 2.45) is 0 Å². The van der Waals surface area contributed by atoms with Crippen LogP contribution in [0.5, 0.6) is 5.75 Å². The molecule has 0 aliphatic carbocycles. The first-order chi connectivity index (χ1) is 13.1. The number of ether oxygens (including phenoxy) is 1. The van der Waals surface area contributed by atoms with Gasteiger partial charge in [0.05, 0.1) is 12.7 Å². The number of hydrogen-bond donors (Lipinski definition) is 1. The third kappa shape index (κ3) is 3.08. The normalized spacial score (nSPS) is 10.9. The quantitative estimate of drug-likeness (QED) is 0.526. The molecule has 2 heterocycles. The SMILES string of the molecule is COc1ccc(-c2c(Nc3ccccc3C)oc3cc(C)oc(=O)c23)cc1. The molecule has 0 atom stereocenters. The molecule has 1 N–H and O–H groups in total. The predicted molar refractivity (Wildman–Crippen MR) is 106 cm³/mol. The second-order valence-electron chi connectivity index (χ2n) is 6.36. The van der Waals surface area contributed by atoms with E-state index >= 15 is 0 Å². The highest BCUT2D eigenvalue weighted by atomic mass is 16.5. The monoisotopic (exact) mass is 361 g/mol. The molecule has 0 radical (unpaired) electrons. The van der Waals surface area contributed by atoms with Gasteiger partial charge in [-0.3, -0.25) is 0 Å². The molecule has 2 aromatic heterocycles. The molecule has 136 valence electrons. The van der Waals surface area contributed by atoms with Gasteiger partial charge in [0.15, 0.2) is 0 Å². The number of para-hydroxylation sites is 1. The first kappa shape index (κ1) is 17.0. The van der Waals surface area contributed by atoms with Gasteiger partial charge in [-0.25, -0.2) is 4.79 Å². The molecule has 27 heavy (non-hydrogen) atoms. The summed E-state index contributed by atoms with van der Waals surface area (Å²) in [6.07, 6.45) is 0. The summed E-state index contributed by atoms with van der Waals surface area (Å²) in [5.41, 5.74) is 3.56. The second-order valence-corrected chi connectivity index (χ2v) is 6.36. The average molecular weight is 361 g/mol. The molecule has 0 spiro atoms. The molecule has 0 saturated carbocycles. The number of fused-ring (bicyclic) bond motifs is 1. The molecular weight excluding hydrogens is 342 g/mol. The molecule has 0 fully saturated rings. The molecule has 0 aliphatic rings. The van der Waals surface area contributed by atoms with Gasteiger partial charge in [-0.05, 0) is 43.2 Å². The van der Waals surface area contributed by atoms with Crippen molar-refractivity contribution < 1.29 is 13.6 Å². The van der Waals surface area contributed by atoms with Gasteiger partial charge in [-0.15, -0.1) is 0 Å². The fourth-order valence-electron chi connectivity index (χ4n) is 3.12. The van der Waals surface area contributed by atoms with Crippen LogP contribution in [0, 0.1) is 13.8 Å². The summed E-state index contributed by atoms with van der Waals surface area (Å²) < 4.78 is 16.6. The van der Waals surface area contributed by atoms with E-state index in [1.807, 2.05) is 55.5 Å². The van der Waals surface area contributed by atoms with Crippen LogP contribution in [-0.4, -0.2) is 7.11 Å². The van der Waals surface area contributed by atoms with Crippen molar-refractivity contribution in [2.45, 2.75) is 13.8 Å². The Bertz CT molecular complexity index is 1170. The van der Waals surface area contributed by atoms with Crippen LogP contribution in [0.1, 0.15) is 11.3 Å². The highest BCUT2D eigenvalue weighted by molar-refractivity contribution is 6.00. The number of rotatable bonds is 4. The highest BCUT2D eigenvalue weighted by Gasteiger charge is 2.21. The van der Waals surface area contributed by atoms with E-state index in [1.165, 1.54) is 0 Å². The molecule has 0 saturated heterocycles. The Morgan fingerprint density at radius 3 is 2.41 bits per heavy atom. The Morgan fingerprint density at radius 1 is 0.963 bits per heavy atom. The molecular formula is C22H19NO4. The zero-order valence-electron chi connectivity index (χ0n) is 15.3. The largest absolute Gasteiger partial charge is 0.497 e. The first-order valence-electron chi connectivity index (χ1n) is 8.61. The fraction of sp³-hybridized carbons (Fsp3) is 0.136. The third-order valence-electron chi connectivity index (χ3n) is 4.50. The van der Waals surface area contributed by atoms with Gasteiger partial charge in [0, 0.05) is 11.8 Å². The van der Waals surface area contributed by atoms with Gasteiger partial charge in [0.2, 0.25) is 5.88 Å². The van der Waals surface area contributed by atoms with Crippen LogP contribution in [0.4, 0.5) is 11.6 Å². The van der Waals surface area contributed by atoms with Gasteiger partial charge in [-0.1, -0.05) is 30.3 Å². The maximum atomic E-state index is 12.6. The summed E-state index contributed by atoms with van der Waals surface area (Å²) in [5, 5.41) is 3.74. The van der Waals surface area contributed by atoms with Crippen LogP contribution in [0.25, 0.3) is 22.1 Å². The molecule has 0 unspecified atom stereocenters. The number of anilines is 2. The number of methoxy groups -OCH3 is 1. The lowest BCUT2D eigenvalue weighted by Crippen LogP contribution is -2.00. The smallest absolute Gasteiger partial charge is 0.347 e. The summed E-state index contributed by atoms with van der Waals surface area (Å²) in [4.78, 5) is 12.6. The van der Waals surface area contributed by atoms with E-state index in [-0.39, 0.29) is 0 Å². The van der Waals surface area contributed by atoms with Gasteiger partial charge >= 0.3 is 5.63 Å². The minimum atomic E-state index is -0.419. The zero-order valence-corrected chi connectivity index (χ0v) is 15.3. The van der Waals surface area contributed by atoms with Crippen molar-refractivity contribution in [2.75, 3.05) is 12.4 Å². The Morgan fingerprint density at radius 2 is 1.70 bits per heavy atom. The van der Waals surface area contributed by atoms with Crippen molar-refractivity contribution in [1.29, 1.82) is 0 Å². The number of furan rings is 1. The summed E-state index contributed by atoms with van der Waals surface area (Å²) >= 11 is 0. The summed E-state index contributed by atoms with van der Waals surface area (Å²) in [6, 6.07) is 17.1. The van der Waals surface area contributed by atoms with Gasteiger partial charge < -0.3 is 18.9 Å². The number of benzene rings is 2. The number of hydrogen-bond acceptors (Lipinski definition) is 5. The summed E-state index contributed by atoms with van der Waals surface area (Å²) in [5.74, 6) is 1.75. The summed E-state index contributed by atoms with van der Waals surface area (Å²) in [6.45, 7) is 3.74. The molecule has 0 aliphatic heterocycles. The molecule has 5 heteroatoms. The maximum absolute atomic E-state index is 12.6. The molecule has 5 nitrogen and oxygen atoms in total. The minimum Gasteiger partial charge on any atom is -0.497 e. The minimum absolute atomic E-state index is 0.418. The molecule has 4 aromatic rings.